The highest BCUT2D eigenvalue weighted by Gasteiger charge is 2.16. The number of rotatable bonds is 3. The molecule has 6 nitrogen and oxygen atoms in total. The molecule has 0 amide bonds. The molecule has 2 N–H and O–H groups in total. The first-order chi connectivity index (χ1) is 10.2. The van der Waals surface area contributed by atoms with E-state index in [1.165, 1.54) is 0 Å². The first kappa shape index (κ1) is 13.2. The summed E-state index contributed by atoms with van der Waals surface area (Å²) < 4.78 is 5.37. The quantitative estimate of drug-likeness (QED) is 0.742. The standard InChI is InChI=1S/C15H15N5O/c1-3-13-11(8-9(2)18-19-13)15-17-14(20-21-15)10-6-4-5-7-12(10)16/h4-8H,3,16H2,1-2H3. The maximum Gasteiger partial charge on any atom is 0.260 e. The Bertz CT molecular complexity index is 781. The van der Waals surface area contributed by atoms with E-state index in [0.29, 0.717) is 17.4 Å². The number of nitrogens with zero attached hydrogens (tertiary/aromatic N) is 4. The predicted octanol–water partition coefficient (Wildman–Crippen LogP) is 2.65. The number of anilines is 1. The molecule has 0 aliphatic carbocycles. The lowest BCUT2D eigenvalue weighted by atomic mass is 10.1. The highest BCUT2D eigenvalue weighted by molar-refractivity contribution is 5.72. The van der Waals surface area contributed by atoms with Gasteiger partial charge in [-0.2, -0.15) is 15.2 Å². The number of aryl methyl sites for hydroxylation is 2. The van der Waals surface area contributed by atoms with Crippen LogP contribution >= 0.6 is 0 Å². The number of para-hydroxylation sites is 1. The molecule has 1 aromatic carbocycles. The Morgan fingerprint density at radius 2 is 1.95 bits per heavy atom. The van der Waals surface area contributed by atoms with E-state index in [4.69, 9.17) is 10.3 Å². The van der Waals surface area contributed by atoms with Crippen LogP contribution in [0.5, 0.6) is 0 Å². The van der Waals surface area contributed by atoms with Crippen LogP contribution < -0.4 is 5.73 Å². The Kier molecular flexibility index (Phi) is 3.35. The number of benzene rings is 1. The second-order valence-electron chi connectivity index (χ2n) is 4.71. The van der Waals surface area contributed by atoms with Crippen LogP contribution in [-0.4, -0.2) is 20.3 Å². The summed E-state index contributed by atoms with van der Waals surface area (Å²) in [6.07, 6.45) is 0.744. The zero-order valence-electron chi connectivity index (χ0n) is 11.9. The summed E-state index contributed by atoms with van der Waals surface area (Å²) >= 11 is 0. The number of hydrogen-bond acceptors (Lipinski definition) is 6. The smallest absolute Gasteiger partial charge is 0.260 e. The third-order valence-electron chi connectivity index (χ3n) is 3.19. The molecule has 106 valence electrons. The van der Waals surface area contributed by atoms with Crippen molar-refractivity contribution in [3.05, 3.63) is 41.7 Å². The van der Waals surface area contributed by atoms with Gasteiger partial charge in [-0.1, -0.05) is 24.2 Å². The Labute approximate surface area is 122 Å². The van der Waals surface area contributed by atoms with E-state index in [2.05, 4.69) is 20.3 Å². The topological polar surface area (TPSA) is 90.7 Å². The van der Waals surface area contributed by atoms with Crippen molar-refractivity contribution < 1.29 is 4.52 Å². The molecular weight excluding hydrogens is 266 g/mol. The molecule has 0 saturated carbocycles. The molecule has 0 saturated heterocycles. The largest absolute Gasteiger partial charge is 0.398 e. The highest BCUT2D eigenvalue weighted by Crippen LogP contribution is 2.27. The van der Waals surface area contributed by atoms with Crippen LogP contribution in [0.4, 0.5) is 5.69 Å². The van der Waals surface area contributed by atoms with Crippen molar-refractivity contribution in [2.75, 3.05) is 5.73 Å². The Balaban J connectivity index is 2.07. The van der Waals surface area contributed by atoms with Gasteiger partial charge in [-0.25, -0.2) is 0 Å². The van der Waals surface area contributed by atoms with E-state index in [9.17, 15) is 0 Å². The predicted molar refractivity (Wildman–Crippen MR) is 79.3 cm³/mol. The SMILES string of the molecule is CCc1nnc(C)cc1-c1nc(-c2ccccc2N)no1. The molecule has 21 heavy (non-hydrogen) atoms. The molecule has 6 heteroatoms. The molecule has 3 rings (SSSR count). The van der Waals surface area contributed by atoms with Crippen molar-refractivity contribution in [3.8, 4) is 22.8 Å². The van der Waals surface area contributed by atoms with E-state index < -0.39 is 0 Å². The van der Waals surface area contributed by atoms with Crippen LogP contribution in [0.15, 0.2) is 34.9 Å². The minimum absolute atomic E-state index is 0.433. The lowest BCUT2D eigenvalue weighted by Crippen LogP contribution is -1.97. The summed E-state index contributed by atoms with van der Waals surface area (Å²) in [4.78, 5) is 4.44. The zero-order chi connectivity index (χ0) is 14.8. The van der Waals surface area contributed by atoms with Crippen LogP contribution in [0.3, 0.4) is 0 Å². The molecule has 0 bridgehead atoms. The van der Waals surface area contributed by atoms with Gasteiger partial charge in [0, 0.05) is 11.3 Å². The van der Waals surface area contributed by atoms with Crippen molar-refractivity contribution in [1.29, 1.82) is 0 Å². The van der Waals surface area contributed by atoms with Gasteiger partial charge in [-0.3, -0.25) is 0 Å². The van der Waals surface area contributed by atoms with E-state index in [0.717, 1.165) is 28.9 Å². The molecule has 0 fully saturated rings. The van der Waals surface area contributed by atoms with E-state index in [1.54, 1.807) is 6.07 Å². The fraction of sp³-hybridized carbons (Fsp3) is 0.200. The third kappa shape index (κ3) is 2.47. The lowest BCUT2D eigenvalue weighted by Gasteiger charge is -2.02. The van der Waals surface area contributed by atoms with Crippen molar-refractivity contribution in [3.63, 3.8) is 0 Å². The van der Waals surface area contributed by atoms with Crippen molar-refractivity contribution in [1.82, 2.24) is 20.3 Å². The van der Waals surface area contributed by atoms with Crippen molar-refractivity contribution >= 4 is 5.69 Å². The molecule has 0 aliphatic rings. The lowest BCUT2D eigenvalue weighted by molar-refractivity contribution is 0.431. The minimum atomic E-state index is 0.433. The van der Waals surface area contributed by atoms with Crippen LogP contribution in [0.2, 0.25) is 0 Å². The molecule has 0 aliphatic heterocycles. The maximum absolute atomic E-state index is 5.94. The van der Waals surface area contributed by atoms with Gasteiger partial charge in [0.25, 0.3) is 5.89 Å². The molecule has 2 heterocycles. The second-order valence-corrected chi connectivity index (χ2v) is 4.71. The summed E-state index contributed by atoms with van der Waals surface area (Å²) in [5.41, 5.74) is 9.76. The average molecular weight is 281 g/mol. The average Bonchev–Trinajstić information content (AvgIpc) is 2.97. The van der Waals surface area contributed by atoms with Crippen LogP contribution in [-0.2, 0) is 6.42 Å². The van der Waals surface area contributed by atoms with Crippen LogP contribution in [0.25, 0.3) is 22.8 Å². The summed E-state index contributed by atoms with van der Waals surface area (Å²) in [5, 5.41) is 12.2. The third-order valence-corrected chi connectivity index (χ3v) is 3.19. The van der Waals surface area contributed by atoms with Crippen molar-refractivity contribution in [2.45, 2.75) is 20.3 Å². The molecular formula is C15H15N5O. The molecule has 0 radical (unpaired) electrons. The van der Waals surface area contributed by atoms with Gasteiger partial charge in [-0.05, 0) is 31.5 Å². The van der Waals surface area contributed by atoms with E-state index in [-0.39, 0.29) is 0 Å². The van der Waals surface area contributed by atoms with Crippen LogP contribution in [0, 0.1) is 6.92 Å². The molecule has 0 atom stereocenters. The monoisotopic (exact) mass is 281 g/mol. The first-order valence-electron chi connectivity index (χ1n) is 6.71. The van der Waals surface area contributed by atoms with Gasteiger partial charge in [0.15, 0.2) is 0 Å². The first-order valence-corrected chi connectivity index (χ1v) is 6.71. The molecule has 0 unspecified atom stereocenters. The number of hydrogen-bond donors (Lipinski definition) is 1. The number of nitrogen functional groups attached to an aromatic ring is 1. The van der Waals surface area contributed by atoms with Gasteiger partial charge in [0.2, 0.25) is 5.82 Å². The summed E-state index contributed by atoms with van der Waals surface area (Å²) in [6, 6.07) is 9.32. The summed E-state index contributed by atoms with van der Waals surface area (Å²) in [7, 11) is 0. The Hall–Kier alpha value is -2.76. The number of nitrogens with two attached hydrogens (primary N) is 1. The maximum atomic E-state index is 5.94. The van der Waals surface area contributed by atoms with Gasteiger partial charge in [0.1, 0.15) is 0 Å². The second kappa shape index (κ2) is 5.32. The van der Waals surface area contributed by atoms with Gasteiger partial charge >= 0.3 is 0 Å². The van der Waals surface area contributed by atoms with E-state index in [1.807, 2.05) is 38.1 Å². The molecule has 0 spiro atoms. The highest BCUT2D eigenvalue weighted by atomic mass is 16.5. The fourth-order valence-electron chi connectivity index (χ4n) is 2.10. The Morgan fingerprint density at radius 3 is 2.71 bits per heavy atom. The van der Waals surface area contributed by atoms with Crippen LogP contribution in [0.1, 0.15) is 18.3 Å². The van der Waals surface area contributed by atoms with Gasteiger partial charge in [-0.15, -0.1) is 0 Å². The van der Waals surface area contributed by atoms with Gasteiger partial charge in [0.05, 0.1) is 17.0 Å². The fourth-order valence-corrected chi connectivity index (χ4v) is 2.10. The number of aromatic nitrogens is 4. The normalized spacial score (nSPS) is 10.8. The molecule has 2 aromatic heterocycles. The molecule has 3 aromatic rings. The summed E-state index contributed by atoms with van der Waals surface area (Å²) in [6.45, 7) is 3.89. The van der Waals surface area contributed by atoms with Crippen molar-refractivity contribution in [2.24, 2.45) is 0 Å². The van der Waals surface area contributed by atoms with E-state index >= 15 is 0 Å². The zero-order valence-corrected chi connectivity index (χ0v) is 11.9. The Morgan fingerprint density at radius 1 is 1.14 bits per heavy atom. The summed E-state index contributed by atoms with van der Waals surface area (Å²) in [5.74, 6) is 0.905. The minimum Gasteiger partial charge on any atom is -0.398 e. The van der Waals surface area contributed by atoms with Gasteiger partial charge < -0.3 is 10.3 Å².